The second kappa shape index (κ2) is 11.3. The molecule has 0 aromatic carbocycles. The van der Waals surface area contributed by atoms with Gasteiger partial charge in [0.05, 0.1) is 6.10 Å². The lowest BCUT2D eigenvalue weighted by Crippen LogP contribution is -2.27. The van der Waals surface area contributed by atoms with Crippen LogP contribution < -0.4 is 0 Å². The molecule has 0 amide bonds. The number of carboxylic acid groups (broad SMARTS) is 1. The highest BCUT2D eigenvalue weighted by molar-refractivity contribution is 5.83. The Balaban J connectivity index is 2.49. The molecule has 0 heterocycles. The van der Waals surface area contributed by atoms with Crippen LogP contribution in [0.3, 0.4) is 0 Å². The van der Waals surface area contributed by atoms with Crippen LogP contribution in [0.2, 0.25) is 0 Å². The van der Waals surface area contributed by atoms with Crippen molar-refractivity contribution in [1.82, 2.24) is 0 Å². The maximum absolute atomic E-state index is 12.2. The van der Waals surface area contributed by atoms with Crippen molar-refractivity contribution in [2.24, 2.45) is 17.3 Å². The summed E-state index contributed by atoms with van der Waals surface area (Å²) in [4.78, 5) is 22.6. The van der Waals surface area contributed by atoms with E-state index < -0.39 is 12.1 Å². The maximum Gasteiger partial charge on any atom is 0.327 e. The molecule has 0 bridgehead atoms. The number of allylic oxidation sites excluding steroid dienone is 2. The number of aliphatic hydroxyl groups is 1. The van der Waals surface area contributed by atoms with E-state index in [1.807, 2.05) is 6.08 Å². The summed E-state index contributed by atoms with van der Waals surface area (Å²) in [6.07, 6.45) is 14.5. The summed E-state index contributed by atoms with van der Waals surface area (Å²) in [6, 6.07) is 0. The molecule has 3 atom stereocenters. The first-order valence-electron chi connectivity index (χ1n) is 10.1. The molecule has 4 nitrogen and oxygen atoms in total. The van der Waals surface area contributed by atoms with E-state index in [9.17, 15) is 14.7 Å². The zero-order chi connectivity index (χ0) is 19.6. The molecule has 1 aliphatic carbocycles. The molecule has 1 rings (SSSR count). The number of rotatable bonds is 12. The van der Waals surface area contributed by atoms with Gasteiger partial charge in [0.15, 0.2) is 0 Å². The number of carboxylic acids is 1. The maximum atomic E-state index is 12.2. The van der Waals surface area contributed by atoms with Gasteiger partial charge in [0.1, 0.15) is 5.78 Å². The highest BCUT2D eigenvalue weighted by atomic mass is 16.4. The lowest BCUT2D eigenvalue weighted by molar-refractivity contribution is -0.131. The SMILES string of the molecule is CCCCC(C)(C)[C@H](O)/C=C/[C@@H]1CCC(=O)[C@@H]1CCCC/C=C/C(=O)O. The van der Waals surface area contributed by atoms with E-state index in [1.165, 1.54) is 6.08 Å². The van der Waals surface area contributed by atoms with E-state index in [0.29, 0.717) is 12.2 Å². The number of carbonyl (C=O) groups is 2. The van der Waals surface area contributed by atoms with Gasteiger partial charge in [-0.3, -0.25) is 4.79 Å². The second-order valence-electron chi connectivity index (χ2n) is 8.22. The standard InChI is InChI=1S/C22H36O4/c1-4-5-16-22(2,3)20(24)15-13-17-12-14-19(23)18(17)10-8-6-7-9-11-21(25)26/h9,11,13,15,17-18,20,24H,4-8,10,12,14,16H2,1-3H3,(H,25,26)/b11-9+,15-13+/t17-,18+,20+/m0/s1. The largest absolute Gasteiger partial charge is 0.478 e. The minimum atomic E-state index is -0.915. The van der Waals surface area contributed by atoms with Crippen molar-refractivity contribution in [3.05, 3.63) is 24.3 Å². The number of aliphatic carboxylic acids is 1. The van der Waals surface area contributed by atoms with Crippen LogP contribution in [0.4, 0.5) is 0 Å². The van der Waals surface area contributed by atoms with Crippen LogP contribution in [-0.4, -0.2) is 28.1 Å². The molecule has 2 N–H and O–H groups in total. The smallest absolute Gasteiger partial charge is 0.327 e. The van der Waals surface area contributed by atoms with Crippen molar-refractivity contribution in [1.29, 1.82) is 0 Å². The molecule has 0 aromatic rings. The normalized spacial score (nSPS) is 22.5. The van der Waals surface area contributed by atoms with Gasteiger partial charge in [-0.05, 0) is 43.4 Å². The Morgan fingerprint density at radius 2 is 2.04 bits per heavy atom. The molecule has 0 radical (unpaired) electrons. The van der Waals surface area contributed by atoms with E-state index in [1.54, 1.807) is 6.08 Å². The van der Waals surface area contributed by atoms with Gasteiger partial charge in [0.25, 0.3) is 0 Å². The minimum Gasteiger partial charge on any atom is -0.478 e. The number of carbonyl (C=O) groups excluding carboxylic acids is 1. The molecule has 1 fully saturated rings. The molecule has 0 unspecified atom stereocenters. The molecule has 0 aromatic heterocycles. The van der Waals surface area contributed by atoms with E-state index in [0.717, 1.165) is 51.4 Å². The first-order chi connectivity index (χ1) is 12.3. The highest BCUT2D eigenvalue weighted by Gasteiger charge is 2.33. The number of unbranched alkanes of at least 4 members (excludes halogenated alkanes) is 3. The number of hydrogen-bond donors (Lipinski definition) is 2. The fourth-order valence-corrected chi connectivity index (χ4v) is 3.64. The summed E-state index contributed by atoms with van der Waals surface area (Å²) in [5.74, 6) is -0.295. The second-order valence-corrected chi connectivity index (χ2v) is 8.22. The Hall–Kier alpha value is -1.42. The first kappa shape index (κ1) is 22.6. The zero-order valence-electron chi connectivity index (χ0n) is 16.6. The van der Waals surface area contributed by atoms with E-state index >= 15 is 0 Å². The van der Waals surface area contributed by atoms with Crippen LogP contribution in [0.25, 0.3) is 0 Å². The van der Waals surface area contributed by atoms with Crippen molar-refractivity contribution in [2.75, 3.05) is 0 Å². The third-order valence-corrected chi connectivity index (χ3v) is 5.57. The Morgan fingerprint density at radius 1 is 1.31 bits per heavy atom. The van der Waals surface area contributed by atoms with Crippen LogP contribution in [0.1, 0.15) is 78.6 Å². The van der Waals surface area contributed by atoms with E-state index in [-0.39, 0.29) is 17.3 Å². The molecule has 0 aliphatic heterocycles. The van der Waals surface area contributed by atoms with Gasteiger partial charge in [0, 0.05) is 18.4 Å². The lowest BCUT2D eigenvalue weighted by Gasteiger charge is -2.29. The molecule has 1 saturated carbocycles. The van der Waals surface area contributed by atoms with Gasteiger partial charge < -0.3 is 10.2 Å². The molecule has 148 valence electrons. The summed E-state index contributed by atoms with van der Waals surface area (Å²) < 4.78 is 0. The van der Waals surface area contributed by atoms with Crippen LogP contribution in [0.15, 0.2) is 24.3 Å². The van der Waals surface area contributed by atoms with Crippen molar-refractivity contribution in [2.45, 2.75) is 84.7 Å². The highest BCUT2D eigenvalue weighted by Crippen LogP contribution is 2.35. The van der Waals surface area contributed by atoms with Crippen molar-refractivity contribution >= 4 is 11.8 Å². The van der Waals surface area contributed by atoms with Gasteiger partial charge in [-0.25, -0.2) is 4.79 Å². The molecule has 26 heavy (non-hydrogen) atoms. The third kappa shape index (κ3) is 7.86. The van der Waals surface area contributed by atoms with Crippen molar-refractivity contribution in [3.8, 4) is 0 Å². The summed E-state index contributed by atoms with van der Waals surface area (Å²) >= 11 is 0. The Labute approximate surface area is 158 Å². The molecule has 4 heteroatoms. The van der Waals surface area contributed by atoms with Gasteiger partial charge in [-0.2, -0.15) is 0 Å². The van der Waals surface area contributed by atoms with Gasteiger partial charge >= 0.3 is 5.97 Å². The summed E-state index contributed by atoms with van der Waals surface area (Å²) in [6.45, 7) is 6.35. The summed E-state index contributed by atoms with van der Waals surface area (Å²) in [5, 5.41) is 19.1. The van der Waals surface area contributed by atoms with Crippen LogP contribution in [-0.2, 0) is 9.59 Å². The van der Waals surface area contributed by atoms with E-state index in [4.69, 9.17) is 5.11 Å². The van der Waals surface area contributed by atoms with Crippen LogP contribution in [0, 0.1) is 17.3 Å². The Bertz CT molecular complexity index is 504. The first-order valence-corrected chi connectivity index (χ1v) is 10.1. The summed E-state index contributed by atoms with van der Waals surface area (Å²) in [5.41, 5.74) is -0.138. The monoisotopic (exact) mass is 364 g/mol. The fraction of sp³-hybridized carbons (Fsp3) is 0.727. The van der Waals surface area contributed by atoms with Crippen LogP contribution >= 0.6 is 0 Å². The molecular weight excluding hydrogens is 328 g/mol. The average molecular weight is 365 g/mol. The lowest BCUT2D eigenvalue weighted by atomic mass is 9.80. The number of ketones is 1. The van der Waals surface area contributed by atoms with Gasteiger partial charge in [0.2, 0.25) is 0 Å². The minimum absolute atomic E-state index is 0.0562. The third-order valence-electron chi connectivity index (χ3n) is 5.57. The Morgan fingerprint density at radius 3 is 2.69 bits per heavy atom. The summed E-state index contributed by atoms with van der Waals surface area (Å²) in [7, 11) is 0. The number of hydrogen-bond acceptors (Lipinski definition) is 3. The Kier molecular flexibility index (Phi) is 9.85. The van der Waals surface area contributed by atoms with Crippen molar-refractivity contribution < 1.29 is 19.8 Å². The predicted octanol–water partition coefficient (Wildman–Crippen LogP) is 4.92. The number of Topliss-reactive ketones (excluding diaryl/α,β-unsaturated/α-hetero) is 1. The quantitative estimate of drug-likeness (QED) is 0.293. The van der Waals surface area contributed by atoms with Crippen molar-refractivity contribution in [3.63, 3.8) is 0 Å². The molecule has 0 spiro atoms. The van der Waals surface area contributed by atoms with Gasteiger partial charge in [-0.15, -0.1) is 0 Å². The topological polar surface area (TPSA) is 74.6 Å². The molecule has 0 saturated heterocycles. The average Bonchev–Trinajstić information content (AvgIpc) is 2.93. The van der Waals surface area contributed by atoms with E-state index in [2.05, 4.69) is 26.8 Å². The predicted molar refractivity (Wildman–Crippen MR) is 105 cm³/mol. The zero-order valence-corrected chi connectivity index (χ0v) is 16.6. The molecule has 1 aliphatic rings. The fourth-order valence-electron chi connectivity index (χ4n) is 3.64. The number of aliphatic hydroxyl groups excluding tert-OH is 1. The molecular formula is C22H36O4. The van der Waals surface area contributed by atoms with Gasteiger partial charge in [-0.1, -0.05) is 58.3 Å². The van der Waals surface area contributed by atoms with Crippen LogP contribution in [0.5, 0.6) is 0 Å².